The van der Waals surface area contributed by atoms with Gasteiger partial charge < -0.3 is 14.8 Å². The van der Waals surface area contributed by atoms with Crippen LogP contribution in [0.15, 0.2) is 34.8 Å². The van der Waals surface area contributed by atoms with Crippen molar-refractivity contribution in [2.45, 2.75) is 6.92 Å². The number of anilines is 1. The van der Waals surface area contributed by atoms with Gasteiger partial charge in [0.15, 0.2) is 5.11 Å². The van der Waals surface area contributed by atoms with Gasteiger partial charge in [0, 0.05) is 16.6 Å². The summed E-state index contributed by atoms with van der Waals surface area (Å²) < 4.78 is 11.2. The number of non-ortho nitro benzene ring substituents is 1. The minimum Gasteiger partial charge on any atom is -0.496 e. The van der Waals surface area contributed by atoms with Gasteiger partial charge in [-0.05, 0) is 42.9 Å². The third-order valence-electron chi connectivity index (χ3n) is 3.56. The van der Waals surface area contributed by atoms with Gasteiger partial charge in [-0.15, -0.1) is 0 Å². The van der Waals surface area contributed by atoms with Crippen LogP contribution < -0.4 is 20.1 Å². The van der Waals surface area contributed by atoms with Crippen LogP contribution in [-0.4, -0.2) is 30.2 Å². The number of nitro benzene ring substituents is 1. The van der Waals surface area contributed by atoms with Gasteiger partial charge >= 0.3 is 0 Å². The molecule has 0 heterocycles. The van der Waals surface area contributed by atoms with Crippen LogP contribution in [0.4, 0.5) is 11.4 Å². The number of thiocarbonyl (C=S) groups is 1. The minimum absolute atomic E-state index is 0.0431. The summed E-state index contributed by atoms with van der Waals surface area (Å²) in [5.41, 5.74) is 1.18. The Morgan fingerprint density at radius 1 is 1.22 bits per heavy atom. The molecule has 2 aromatic rings. The summed E-state index contributed by atoms with van der Waals surface area (Å²) in [6, 6.07) is 7.44. The highest BCUT2D eigenvalue weighted by atomic mass is 79.9. The Labute approximate surface area is 169 Å². The van der Waals surface area contributed by atoms with Crippen LogP contribution in [-0.2, 0) is 0 Å². The molecule has 0 saturated carbocycles. The molecule has 0 aliphatic rings. The highest BCUT2D eigenvalue weighted by molar-refractivity contribution is 9.10. The van der Waals surface area contributed by atoms with Gasteiger partial charge in [-0.25, -0.2) is 0 Å². The van der Waals surface area contributed by atoms with Gasteiger partial charge in [-0.2, -0.15) is 0 Å². The maximum absolute atomic E-state index is 12.6. The van der Waals surface area contributed by atoms with E-state index in [1.54, 1.807) is 6.07 Å². The maximum Gasteiger partial charge on any atom is 0.271 e. The van der Waals surface area contributed by atoms with Gasteiger partial charge in [0.25, 0.3) is 11.6 Å². The van der Waals surface area contributed by atoms with E-state index >= 15 is 0 Å². The number of hydrogen-bond acceptors (Lipinski definition) is 6. The minimum atomic E-state index is -0.540. The Balaban J connectivity index is 2.23. The van der Waals surface area contributed by atoms with Gasteiger partial charge in [0.1, 0.15) is 11.5 Å². The molecule has 0 fully saturated rings. The van der Waals surface area contributed by atoms with Crippen LogP contribution >= 0.6 is 28.1 Å². The SMILES string of the molecule is COc1ccc([N+](=O)[O-])cc1NC(=S)NC(=O)c1cc(Br)cc(C)c1OC. The first kappa shape index (κ1) is 20.6. The molecule has 0 unspecified atom stereocenters. The van der Waals surface area contributed by atoms with Crippen molar-refractivity contribution in [1.82, 2.24) is 5.32 Å². The van der Waals surface area contributed by atoms with Crippen molar-refractivity contribution in [1.29, 1.82) is 0 Å². The summed E-state index contributed by atoms with van der Waals surface area (Å²) in [5.74, 6) is 0.276. The second-order valence-electron chi connectivity index (χ2n) is 5.35. The van der Waals surface area contributed by atoms with Crippen LogP contribution in [0.3, 0.4) is 0 Å². The summed E-state index contributed by atoms with van der Waals surface area (Å²) in [7, 11) is 2.89. The molecule has 0 radical (unpaired) electrons. The first-order valence-corrected chi connectivity index (χ1v) is 8.75. The average molecular weight is 454 g/mol. The zero-order valence-electron chi connectivity index (χ0n) is 14.7. The van der Waals surface area contributed by atoms with Crippen molar-refractivity contribution in [3.63, 3.8) is 0 Å². The Morgan fingerprint density at radius 2 is 1.93 bits per heavy atom. The lowest BCUT2D eigenvalue weighted by atomic mass is 10.1. The van der Waals surface area contributed by atoms with Crippen molar-refractivity contribution in [2.24, 2.45) is 0 Å². The molecule has 2 N–H and O–H groups in total. The number of methoxy groups -OCH3 is 2. The van der Waals surface area contributed by atoms with E-state index in [9.17, 15) is 14.9 Å². The molecule has 142 valence electrons. The number of carbonyl (C=O) groups is 1. The monoisotopic (exact) mass is 453 g/mol. The highest BCUT2D eigenvalue weighted by Crippen LogP contribution is 2.29. The van der Waals surface area contributed by atoms with Crippen molar-refractivity contribution in [3.8, 4) is 11.5 Å². The van der Waals surface area contributed by atoms with E-state index in [1.165, 1.54) is 32.4 Å². The molecule has 0 aliphatic carbocycles. The molecule has 27 heavy (non-hydrogen) atoms. The molecule has 0 saturated heterocycles. The van der Waals surface area contributed by atoms with Crippen molar-refractivity contribution in [2.75, 3.05) is 19.5 Å². The van der Waals surface area contributed by atoms with E-state index < -0.39 is 10.8 Å². The summed E-state index contributed by atoms with van der Waals surface area (Å²) in [6.07, 6.45) is 0. The zero-order chi connectivity index (χ0) is 20.1. The highest BCUT2D eigenvalue weighted by Gasteiger charge is 2.18. The summed E-state index contributed by atoms with van der Waals surface area (Å²) in [5, 5.41) is 16.2. The van der Waals surface area contributed by atoms with Crippen LogP contribution in [0.1, 0.15) is 15.9 Å². The normalized spacial score (nSPS) is 10.1. The number of nitrogens with zero attached hydrogens (tertiary/aromatic N) is 1. The first-order valence-electron chi connectivity index (χ1n) is 7.55. The molecule has 0 aliphatic heterocycles. The third kappa shape index (κ3) is 4.92. The lowest BCUT2D eigenvalue weighted by Gasteiger charge is -2.15. The summed E-state index contributed by atoms with van der Waals surface area (Å²) >= 11 is 8.49. The molecule has 1 amide bonds. The van der Waals surface area contributed by atoms with Crippen molar-refractivity contribution < 1.29 is 19.2 Å². The lowest BCUT2D eigenvalue weighted by molar-refractivity contribution is -0.384. The quantitative estimate of drug-likeness (QED) is 0.402. The number of rotatable bonds is 5. The molecule has 8 nitrogen and oxygen atoms in total. The summed E-state index contributed by atoms with van der Waals surface area (Å²) in [6.45, 7) is 1.81. The smallest absolute Gasteiger partial charge is 0.271 e. The lowest BCUT2D eigenvalue weighted by Crippen LogP contribution is -2.34. The number of aryl methyl sites for hydroxylation is 1. The van der Waals surface area contributed by atoms with E-state index in [-0.39, 0.29) is 16.5 Å². The number of carbonyl (C=O) groups excluding carboxylic acids is 1. The number of amides is 1. The topological polar surface area (TPSA) is 103 Å². The number of nitrogens with one attached hydrogen (secondary N) is 2. The number of hydrogen-bond donors (Lipinski definition) is 2. The fourth-order valence-electron chi connectivity index (χ4n) is 2.40. The number of halogens is 1. The second-order valence-corrected chi connectivity index (χ2v) is 6.68. The molecule has 2 aromatic carbocycles. The van der Waals surface area contributed by atoms with Crippen LogP contribution in [0.25, 0.3) is 0 Å². The molecule has 0 bridgehead atoms. The van der Waals surface area contributed by atoms with E-state index in [2.05, 4.69) is 26.6 Å². The fourth-order valence-corrected chi connectivity index (χ4v) is 3.18. The van der Waals surface area contributed by atoms with Gasteiger partial charge in [0.05, 0.1) is 30.4 Å². The largest absolute Gasteiger partial charge is 0.496 e. The molecule has 2 rings (SSSR count). The number of ether oxygens (including phenoxy) is 2. The molecule has 0 aromatic heterocycles. The number of nitro groups is 1. The average Bonchev–Trinajstić information content (AvgIpc) is 2.60. The maximum atomic E-state index is 12.6. The van der Waals surface area contributed by atoms with Gasteiger partial charge in [-0.3, -0.25) is 20.2 Å². The molecule has 10 heteroatoms. The van der Waals surface area contributed by atoms with Gasteiger partial charge in [-0.1, -0.05) is 15.9 Å². The number of benzene rings is 2. The Bertz CT molecular complexity index is 920. The molecule has 0 atom stereocenters. The van der Waals surface area contributed by atoms with Crippen LogP contribution in [0.5, 0.6) is 11.5 Å². The summed E-state index contributed by atoms with van der Waals surface area (Å²) in [4.78, 5) is 23.0. The van der Waals surface area contributed by atoms with Crippen LogP contribution in [0, 0.1) is 17.0 Å². The second kappa shape index (κ2) is 8.78. The third-order valence-corrected chi connectivity index (χ3v) is 4.22. The zero-order valence-corrected chi connectivity index (χ0v) is 17.1. The van der Waals surface area contributed by atoms with Crippen molar-refractivity contribution in [3.05, 3.63) is 56.0 Å². The Morgan fingerprint density at radius 3 is 2.52 bits per heavy atom. The molecule has 0 spiro atoms. The van der Waals surface area contributed by atoms with Crippen LogP contribution in [0.2, 0.25) is 0 Å². The Kier molecular flexibility index (Phi) is 6.70. The predicted molar refractivity (Wildman–Crippen MR) is 109 cm³/mol. The van der Waals surface area contributed by atoms with Gasteiger partial charge in [0.2, 0.25) is 0 Å². The predicted octanol–water partition coefficient (Wildman–Crippen LogP) is 3.81. The van der Waals surface area contributed by atoms with E-state index in [0.717, 1.165) is 5.56 Å². The van der Waals surface area contributed by atoms with E-state index in [1.807, 2.05) is 13.0 Å². The fraction of sp³-hybridized carbons (Fsp3) is 0.176. The van der Waals surface area contributed by atoms with Crippen molar-refractivity contribution >= 4 is 50.5 Å². The van der Waals surface area contributed by atoms with E-state index in [4.69, 9.17) is 21.7 Å². The molecular formula is C17H16BrN3O5S. The standard InChI is InChI=1S/C17H16BrN3O5S/c1-9-6-10(18)7-12(15(9)26-3)16(22)20-17(27)19-13-8-11(21(23)24)4-5-14(13)25-2/h4-8H,1-3H3,(H2,19,20,22,27). The van der Waals surface area contributed by atoms with E-state index in [0.29, 0.717) is 21.5 Å². The first-order chi connectivity index (χ1) is 12.8. The Hall–Kier alpha value is -2.72. The molecular weight excluding hydrogens is 438 g/mol.